The molecule has 104 valence electrons. The largest absolute Gasteiger partial charge is 0.489 e. The molecule has 0 saturated heterocycles. The Morgan fingerprint density at radius 1 is 1.70 bits per heavy atom. The number of hydrogen-bond donors (Lipinski definition) is 2. The second-order valence-corrected chi connectivity index (χ2v) is 4.75. The van der Waals surface area contributed by atoms with Crippen molar-refractivity contribution >= 4 is 22.9 Å². The highest BCUT2D eigenvalue weighted by Crippen LogP contribution is 2.37. The molecule has 20 heavy (non-hydrogen) atoms. The summed E-state index contributed by atoms with van der Waals surface area (Å²) in [5.41, 5.74) is 7.34. The predicted molar refractivity (Wildman–Crippen MR) is 77.1 cm³/mol. The number of nitrogens with one attached hydrogen (secondary N) is 1. The van der Waals surface area contributed by atoms with Gasteiger partial charge in [0.1, 0.15) is 17.9 Å². The summed E-state index contributed by atoms with van der Waals surface area (Å²) in [6.07, 6.45) is 2.65. The molecule has 6 nitrogen and oxygen atoms in total. The number of primary amides is 1. The third-order valence-electron chi connectivity index (χ3n) is 3.49. The third-order valence-corrected chi connectivity index (χ3v) is 3.49. The van der Waals surface area contributed by atoms with E-state index in [1.165, 1.54) is 0 Å². The third kappa shape index (κ3) is 1.72. The standard InChI is InChI=1S/C14H16N4O2/c1-3-4-9-7-20-11-6-8(13(15)19)5-10-12(11)18(9)14(16-2)17-10/h3,5-6,9H,1,4,7H2,2H3,(H2,15,19)(H,16,17). The van der Waals surface area contributed by atoms with Crippen LogP contribution in [0.2, 0.25) is 0 Å². The average molecular weight is 272 g/mol. The number of aromatic nitrogens is 2. The maximum atomic E-state index is 11.4. The summed E-state index contributed by atoms with van der Waals surface area (Å²) in [6.45, 7) is 4.30. The molecule has 1 aromatic carbocycles. The van der Waals surface area contributed by atoms with Crippen molar-refractivity contribution in [3.05, 3.63) is 30.4 Å². The van der Waals surface area contributed by atoms with Crippen LogP contribution in [0.15, 0.2) is 24.8 Å². The van der Waals surface area contributed by atoms with Crippen LogP contribution in [-0.4, -0.2) is 29.1 Å². The fourth-order valence-corrected chi connectivity index (χ4v) is 2.60. The fourth-order valence-electron chi connectivity index (χ4n) is 2.60. The molecule has 3 rings (SSSR count). The summed E-state index contributed by atoms with van der Waals surface area (Å²) >= 11 is 0. The first-order valence-corrected chi connectivity index (χ1v) is 6.43. The SMILES string of the molecule is C=CCC1COc2cc(C(N)=O)cc3nc(NC)n1c23. The van der Waals surface area contributed by atoms with E-state index in [1.807, 2.05) is 13.1 Å². The fraction of sp³-hybridized carbons (Fsp3) is 0.286. The molecule has 1 aromatic heterocycles. The first kappa shape index (κ1) is 12.5. The van der Waals surface area contributed by atoms with Crippen LogP contribution in [0.3, 0.4) is 0 Å². The van der Waals surface area contributed by atoms with Gasteiger partial charge in [-0.15, -0.1) is 6.58 Å². The molecule has 1 aliphatic heterocycles. The van der Waals surface area contributed by atoms with E-state index >= 15 is 0 Å². The van der Waals surface area contributed by atoms with Crippen molar-refractivity contribution in [3.8, 4) is 5.75 Å². The van der Waals surface area contributed by atoms with Crippen molar-refractivity contribution in [1.29, 1.82) is 0 Å². The number of nitrogens with zero attached hydrogens (tertiary/aromatic N) is 2. The van der Waals surface area contributed by atoms with Crippen LogP contribution in [0.4, 0.5) is 5.95 Å². The van der Waals surface area contributed by atoms with Gasteiger partial charge in [-0.1, -0.05) is 6.08 Å². The summed E-state index contributed by atoms with van der Waals surface area (Å²) in [4.78, 5) is 15.9. The van der Waals surface area contributed by atoms with E-state index < -0.39 is 5.91 Å². The molecule has 1 atom stereocenters. The van der Waals surface area contributed by atoms with Crippen LogP contribution in [-0.2, 0) is 0 Å². The molecule has 1 amide bonds. The first-order chi connectivity index (χ1) is 9.65. The van der Waals surface area contributed by atoms with Crippen LogP contribution in [0.1, 0.15) is 22.8 Å². The van der Waals surface area contributed by atoms with Gasteiger partial charge in [-0.05, 0) is 18.6 Å². The zero-order valence-corrected chi connectivity index (χ0v) is 11.2. The van der Waals surface area contributed by atoms with Crippen molar-refractivity contribution < 1.29 is 9.53 Å². The van der Waals surface area contributed by atoms with E-state index in [0.29, 0.717) is 23.4 Å². The molecule has 0 saturated carbocycles. The van der Waals surface area contributed by atoms with Gasteiger partial charge in [0.25, 0.3) is 0 Å². The van der Waals surface area contributed by atoms with E-state index in [4.69, 9.17) is 10.5 Å². The number of benzene rings is 1. The number of carbonyl (C=O) groups excluding carboxylic acids is 1. The number of imidazole rings is 1. The number of allylic oxidation sites excluding steroid dienone is 1. The van der Waals surface area contributed by atoms with Crippen molar-refractivity contribution in [3.63, 3.8) is 0 Å². The van der Waals surface area contributed by atoms with E-state index in [1.54, 1.807) is 12.1 Å². The van der Waals surface area contributed by atoms with E-state index in [0.717, 1.165) is 17.9 Å². The van der Waals surface area contributed by atoms with Gasteiger partial charge >= 0.3 is 0 Å². The molecule has 0 fully saturated rings. The number of anilines is 1. The monoisotopic (exact) mass is 272 g/mol. The Balaban J connectivity index is 2.28. The van der Waals surface area contributed by atoms with E-state index in [-0.39, 0.29) is 6.04 Å². The molecule has 6 heteroatoms. The van der Waals surface area contributed by atoms with Crippen molar-refractivity contribution in [1.82, 2.24) is 9.55 Å². The molecule has 1 unspecified atom stereocenters. The highest BCUT2D eigenvalue weighted by Gasteiger charge is 2.26. The molecule has 1 aliphatic rings. The second-order valence-electron chi connectivity index (χ2n) is 4.75. The number of nitrogens with two attached hydrogens (primary N) is 1. The van der Waals surface area contributed by atoms with Gasteiger partial charge < -0.3 is 20.4 Å². The Hall–Kier alpha value is -2.50. The van der Waals surface area contributed by atoms with Gasteiger partial charge in [-0.2, -0.15) is 0 Å². The van der Waals surface area contributed by atoms with E-state index in [9.17, 15) is 4.79 Å². The minimum atomic E-state index is -0.486. The Morgan fingerprint density at radius 2 is 2.50 bits per heavy atom. The molecule has 0 aliphatic carbocycles. The molecule has 2 heterocycles. The van der Waals surface area contributed by atoms with Gasteiger partial charge in [0.15, 0.2) is 0 Å². The Kier molecular flexibility index (Phi) is 2.85. The normalized spacial score (nSPS) is 16.8. The zero-order valence-electron chi connectivity index (χ0n) is 11.2. The summed E-state index contributed by atoms with van der Waals surface area (Å²) in [6, 6.07) is 3.51. The number of ether oxygens (including phenoxy) is 1. The van der Waals surface area contributed by atoms with Gasteiger partial charge in [0, 0.05) is 12.6 Å². The highest BCUT2D eigenvalue weighted by molar-refractivity contribution is 5.99. The van der Waals surface area contributed by atoms with Gasteiger partial charge in [0.05, 0.1) is 11.6 Å². The topological polar surface area (TPSA) is 82.2 Å². The molecular weight excluding hydrogens is 256 g/mol. The van der Waals surface area contributed by atoms with Gasteiger partial charge in [0.2, 0.25) is 11.9 Å². The van der Waals surface area contributed by atoms with Gasteiger partial charge in [-0.3, -0.25) is 4.79 Å². The van der Waals surface area contributed by atoms with Crippen LogP contribution < -0.4 is 15.8 Å². The lowest BCUT2D eigenvalue weighted by molar-refractivity contribution is 0.1000. The molecular formula is C14H16N4O2. The maximum absolute atomic E-state index is 11.4. The smallest absolute Gasteiger partial charge is 0.248 e. The number of hydrogen-bond acceptors (Lipinski definition) is 4. The number of amides is 1. The van der Waals surface area contributed by atoms with Crippen molar-refractivity contribution in [2.45, 2.75) is 12.5 Å². The van der Waals surface area contributed by atoms with Gasteiger partial charge in [-0.25, -0.2) is 4.98 Å². The quantitative estimate of drug-likeness (QED) is 0.830. The average Bonchev–Trinajstić information content (AvgIpc) is 2.82. The van der Waals surface area contributed by atoms with Crippen LogP contribution >= 0.6 is 0 Å². The Bertz CT molecular complexity index is 705. The summed E-state index contributed by atoms with van der Waals surface area (Å²) < 4.78 is 7.86. The lowest BCUT2D eigenvalue weighted by Gasteiger charge is -2.26. The summed E-state index contributed by atoms with van der Waals surface area (Å²) in [5.74, 6) is 0.907. The van der Waals surface area contributed by atoms with Crippen molar-refractivity contribution in [2.24, 2.45) is 5.73 Å². The molecule has 0 radical (unpaired) electrons. The Morgan fingerprint density at radius 3 is 3.15 bits per heavy atom. The van der Waals surface area contributed by atoms with Crippen molar-refractivity contribution in [2.75, 3.05) is 19.0 Å². The first-order valence-electron chi connectivity index (χ1n) is 6.43. The highest BCUT2D eigenvalue weighted by atomic mass is 16.5. The van der Waals surface area contributed by atoms with E-state index in [2.05, 4.69) is 21.4 Å². The van der Waals surface area contributed by atoms with Crippen LogP contribution in [0.25, 0.3) is 11.0 Å². The predicted octanol–water partition coefficient (Wildman–Crippen LogP) is 1.69. The minimum Gasteiger partial charge on any atom is -0.489 e. The molecule has 0 bridgehead atoms. The minimum absolute atomic E-state index is 0.145. The summed E-state index contributed by atoms with van der Waals surface area (Å²) in [5, 5.41) is 3.08. The lowest BCUT2D eigenvalue weighted by Crippen LogP contribution is -2.23. The molecule has 2 aromatic rings. The number of carbonyl (C=O) groups is 1. The lowest BCUT2D eigenvalue weighted by atomic mass is 10.1. The zero-order chi connectivity index (χ0) is 14.3. The van der Waals surface area contributed by atoms with Crippen LogP contribution in [0.5, 0.6) is 5.75 Å². The Labute approximate surface area is 116 Å². The van der Waals surface area contributed by atoms with Crippen LogP contribution in [0, 0.1) is 0 Å². The molecule has 3 N–H and O–H groups in total. The number of rotatable bonds is 4. The maximum Gasteiger partial charge on any atom is 0.248 e. The molecule has 0 spiro atoms. The summed E-state index contributed by atoms with van der Waals surface area (Å²) in [7, 11) is 1.82. The second kappa shape index (κ2) is 4.56.